The van der Waals surface area contributed by atoms with E-state index in [0.717, 1.165) is 12.1 Å². The number of para-hydroxylation sites is 1. The van der Waals surface area contributed by atoms with Gasteiger partial charge < -0.3 is 14.6 Å². The first kappa shape index (κ1) is 12.3. The number of benzene rings is 2. The van der Waals surface area contributed by atoms with E-state index in [-0.39, 0.29) is 12.1 Å². The van der Waals surface area contributed by atoms with Gasteiger partial charge in [0.25, 0.3) is 0 Å². The second-order valence-electron chi connectivity index (χ2n) is 5.33. The number of amides is 1. The molecule has 106 valence electrons. The molecule has 4 nitrogen and oxygen atoms in total. The van der Waals surface area contributed by atoms with Gasteiger partial charge >= 0.3 is 6.09 Å². The minimum Gasteiger partial charge on any atom is -0.447 e. The highest BCUT2D eigenvalue weighted by Crippen LogP contribution is 2.31. The number of nitrogens with one attached hydrogen (secondary N) is 1. The van der Waals surface area contributed by atoms with E-state index in [2.05, 4.69) is 59.3 Å². The van der Waals surface area contributed by atoms with Gasteiger partial charge in [0.15, 0.2) is 0 Å². The van der Waals surface area contributed by atoms with E-state index in [1.165, 1.54) is 21.8 Å². The van der Waals surface area contributed by atoms with E-state index < -0.39 is 0 Å². The van der Waals surface area contributed by atoms with Crippen molar-refractivity contribution in [2.24, 2.45) is 0 Å². The number of carbonyl (C=O) groups is 1. The fraction of sp³-hybridized carbons (Fsp3) is 0.235. The number of ether oxygens (including phenoxy) is 1. The molecule has 3 aromatic rings. The molecule has 4 heteroatoms. The van der Waals surface area contributed by atoms with Crippen LogP contribution < -0.4 is 5.32 Å². The highest BCUT2D eigenvalue weighted by Gasteiger charge is 2.24. The lowest BCUT2D eigenvalue weighted by atomic mass is 10.0. The molecule has 0 radical (unpaired) electrons. The molecule has 1 saturated heterocycles. The van der Waals surface area contributed by atoms with Gasteiger partial charge in [-0.3, -0.25) is 0 Å². The molecule has 2 aromatic carbocycles. The standard InChI is InChI=1S/C17H16N2O2/c1-2-19-15-6-4-3-5-12(15)13-9-11(7-8-16(13)19)14-10-21-17(20)18-14/h3-9,14H,2,10H2,1H3,(H,18,20)/t14-/m0/s1. The third-order valence-corrected chi connectivity index (χ3v) is 4.19. The fourth-order valence-electron chi connectivity index (χ4n) is 3.19. The second kappa shape index (κ2) is 4.52. The van der Waals surface area contributed by atoms with Crippen LogP contribution in [-0.2, 0) is 11.3 Å². The quantitative estimate of drug-likeness (QED) is 0.779. The maximum Gasteiger partial charge on any atom is 0.407 e. The van der Waals surface area contributed by atoms with Gasteiger partial charge in [0.05, 0.1) is 6.04 Å². The lowest BCUT2D eigenvalue weighted by Gasteiger charge is -2.08. The van der Waals surface area contributed by atoms with Crippen LogP contribution in [0.15, 0.2) is 42.5 Å². The molecule has 0 aliphatic carbocycles. The Kier molecular flexibility index (Phi) is 2.64. The van der Waals surface area contributed by atoms with Crippen molar-refractivity contribution in [1.29, 1.82) is 0 Å². The number of aromatic nitrogens is 1. The molecular formula is C17H16N2O2. The number of fused-ring (bicyclic) bond motifs is 3. The zero-order chi connectivity index (χ0) is 14.4. The highest BCUT2D eigenvalue weighted by molar-refractivity contribution is 6.08. The van der Waals surface area contributed by atoms with Crippen LogP contribution in [0.25, 0.3) is 21.8 Å². The maximum atomic E-state index is 11.2. The van der Waals surface area contributed by atoms with Crippen molar-refractivity contribution in [3.8, 4) is 0 Å². The molecule has 1 amide bonds. The minimum absolute atomic E-state index is 0.0503. The number of hydrogen-bond acceptors (Lipinski definition) is 2. The average molecular weight is 280 g/mol. The summed E-state index contributed by atoms with van der Waals surface area (Å²) in [6, 6.07) is 14.8. The van der Waals surface area contributed by atoms with Crippen LogP contribution in [0.2, 0.25) is 0 Å². The lowest BCUT2D eigenvalue weighted by Crippen LogP contribution is -2.18. The summed E-state index contributed by atoms with van der Waals surface area (Å²) >= 11 is 0. The van der Waals surface area contributed by atoms with Crippen LogP contribution >= 0.6 is 0 Å². The summed E-state index contributed by atoms with van der Waals surface area (Å²) in [7, 11) is 0. The van der Waals surface area contributed by atoms with Crippen molar-refractivity contribution in [2.75, 3.05) is 6.61 Å². The van der Waals surface area contributed by atoms with Gasteiger partial charge in [0.2, 0.25) is 0 Å². The first-order valence-corrected chi connectivity index (χ1v) is 7.22. The molecule has 4 rings (SSSR count). The zero-order valence-corrected chi connectivity index (χ0v) is 11.8. The van der Waals surface area contributed by atoms with Gasteiger partial charge in [-0.2, -0.15) is 0 Å². The number of aryl methyl sites for hydroxylation is 1. The Hall–Kier alpha value is -2.49. The van der Waals surface area contributed by atoms with Crippen molar-refractivity contribution >= 4 is 27.9 Å². The topological polar surface area (TPSA) is 43.3 Å². The number of hydrogen-bond donors (Lipinski definition) is 1. The molecule has 1 atom stereocenters. The van der Waals surface area contributed by atoms with Crippen LogP contribution in [0, 0.1) is 0 Å². The number of nitrogens with zero attached hydrogens (tertiary/aromatic N) is 1. The van der Waals surface area contributed by atoms with Crippen LogP contribution in [0.3, 0.4) is 0 Å². The van der Waals surface area contributed by atoms with Crippen molar-refractivity contribution in [3.63, 3.8) is 0 Å². The number of cyclic esters (lactones) is 1. The fourth-order valence-corrected chi connectivity index (χ4v) is 3.19. The number of carbonyl (C=O) groups excluding carboxylic acids is 1. The first-order valence-electron chi connectivity index (χ1n) is 7.22. The van der Waals surface area contributed by atoms with Crippen LogP contribution in [0.4, 0.5) is 4.79 Å². The van der Waals surface area contributed by atoms with Gasteiger partial charge in [-0.25, -0.2) is 4.79 Å². The smallest absolute Gasteiger partial charge is 0.407 e. The van der Waals surface area contributed by atoms with Gasteiger partial charge in [0, 0.05) is 28.4 Å². The maximum absolute atomic E-state index is 11.2. The molecule has 21 heavy (non-hydrogen) atoms. The molecule has 1 aliphatic rings. The summed E-state index contributed by atoms with van der Waals surface area (Å²) in [5, 5.41) is 5.31. The van der Waals surface area contributed by atoms with E-state index in [0.29, 0.717) is 6.61 Å². The van der Waals surface area contributed by atoms with Crippen molar-refractivity contribution in [3.05, 3.63) is 48.0 Å². The van der Waals surface area contributed by atoms with E-state index in [9.17, 15) is 4.79 Å². The molecule has 0 bridgehead atoms. The van der Waals surface area contributed by atoms with Crippen LogP contribution in [0.5, 0.6) is 0 Å². The molecule has 0 spiro atoms. The third kappa shape index (κ3) is 1.79. The lowest BCUT2D eigenvalue weighted by molar-refractivity contribution is 0.177. The Morgan fingerprint density at radius 2 is 2.00 bits per heavy atom. The Balaban J connectivity index is 1.95. The normalized spacial score (nSPS) is 18.1. The zero-order valence-electron chi connectivity index (χ0n) is 11.8. The average Bonchev–Trinajstić information content (AvgIpc) is 3.08. The van der Waals surface area contributed by atoms with E-state index in [1.807, 2.05) is 0 Å². The summed E-state index contributed by atoms with van der Waals surface area (Å²) < 4.78 is 7.31. The molecule has 1 aliphatic heterocycles. The molecule has 1 aromatic heterocycles. The predicted octanol–water partition coefficient (Wildman–Crippen LogP) is 3.60. The Morgan fingerprint density at radius 1 is 1.19 bits per heavy atom. The Bertz CT molecular complexity index is 850. The Morgan fingerprint density at radius 3 is 2.76 bits per heavy atom. The van der Waals surface area contributed by atoms with Crippen LogP contribution in [-0.4, -0.2) is 17.3 Å². The number of alkyl carbamates (subject to hydrolysis) is 1. The van der Waals surface area contributed by atoms with E-state index >= 15 is 0 Å². The molecule has 1 N–H and O–H groups in total. The summed E-state index contributed by atoms with van der Waals surface area (Å²) in [5.41, 5.74) is 3.57. The van der Waals surface area contributed by atoms with Crippen molar-refractivity contribution < 1.29 is 9.53 Å². The second-order valence-corrected chi connectivity index (χ2v) is 5.33. The largest absolute Gasteiger partial charge is 0.447 e. The van der Waals surface area contributed by atoms with Crippen molar-refractivity contribution in [1.82, 2.24) is 9.88 Å². The summed E-state index contributed by atoms with van der Waals surface area (Å²) in [6.45, 7) is 3.49. The molecular weight excluding hydrogens is 264 g/mol. The van der Waals surface area contributed by atoms with Crippen molar-refractivity contribution in [2.45, 2.75) is 19.5 Å². The van der Waals surface area contributed by atoms with E-state index in [1.54, 1.807) is 0 Å². The van der Waals surface area contributed by atoms with Gasteiger partial charge in [-0.05, 0) is 30.7 Å². The predicted molar refractivity (Wildman–Crippen MR) is 82.3 cm³/mol. The monoisotopic (exact) mass is 280 g/mol. The van der Waals surface area contributed by atoms with Gasteiger partial charge in [-0.15, -0.1) is 0 Å². The molecule has 1 fully saturated rings. The summed E-state index contributed by atoms with van der Waals surface area (Å²) in [4.78, 5) is 11.2. The molecule has 2 heterocycles. The molecule has 0 unspecified atom stereocenters. The molecule has 0 saturated carbocycles. The minimum atomic E-state index is -0.337. The SMILES string of the molecule is CCn1c2ccccc2c2cc([C@@H]3COC(=O)N3)ccc21. The van der Waals surface area contributed by atoms with Crippen LogP contribution in [0.1, 0.15) is 18.5 Å². The summed E-state index contributed by atoms with van der Waals surface area (Å²) in [6.07, 6.45) is -0.337. The third-order valence-electron chi connectivity index (χ3n) is 4.19. The summed E-state index contributed by atoms with van der Waals surface area (Å²) in [5.74, 6) is 0. The van der Waals surface area contributed by atoms with E-state index in [4.69, 9.17) is 4.74 Å². The Labute approximate surface area is 122 Å². The van der Waals surface area contributed by atoms with Gasteiger partial charge in [0.1, 0.15) is 6.61 Å². The first-order chi connectivity index (χ1) is 10.3. The van der Waals surface area contributed by atoms with Gasteiger partial charge in [-0.1, -0.05) is 24.3 Å². The number of rotatable bonds is 2. The highest BCUT2D eigenvalue weighted by atomic mass is 16.6.